The highest BCUT2D eigenvalue weighted by molar-refractivity contribution is 7.17. The molecule has 5 rings (SSSR count). The van der Waals surface area contributed by atoms with Crippen molar-refractivity contribution in [3.8, 4) is 22.3 Å². The van der Waals surface area contributed by atoms with Gasteiger partial charge in [0.25, 0.3) is 0 Å². The Balaban J connectivity index is 1.34. The van der Waals surface area contributed by atoms with Gasteiger partial charge in [-0.3, -0.25) is 4.79 Å². The third-order valence-corrected chi connectivity index (χ3v) is 6.90. The summed E-state index contributed by atoms with van der Waals surface area (Å²) in [6.45, 7) is -0.141. The summed E-state index contributed by atoms with van der Waals surface area (Å²) in [4.78, 5) is 30.5. The number of hydrogen-bond donors (Lipinski definition) is 0. The molecule has 0 fully saturated rings. The van der Waals surface area contributed by atoms with E-state index in [4.69, 9.17) is 9.47 Å². The number of nitrogens with zero attached hydrogens (tertiary/aromatic N) is 3. The van der Waals surface area contributed by atoms with Crippen LogP contribution in [-0.4, -0.2) is 32.5 Å². The van der Waals surface area contributed by atoms with Crippen LogP contribution in [0.15, 0.2) is 66.0 Å². The highest BCUT2D eigenvalue weighted by atomic mass is 32.1. The molecule has 2 aromatic carbocycles. The molecule has 33 heavy (non-hydrogen) atoms. The van der Waals surface area contributed by atoms with Gasteiger partial charge in [0, 0.05) is 30.1 Å². The van der Waals surface area contributed by atoms with E-state index in [9.17, 15) is 14.9 Å². The third-order valence-electron chi connectivity index (χ3n) is 5.71. The van der Waals surface area contributed by atoms with Crippen LogP contribution in [0.3, 0.4) is 0 Å². The second-order valence-electron chi connectivity index (χ2n) is 7.67. The fourth-order valence-electron chi connectivity index (χ4n) is 4.13. The zero-order chi connectivity index (χ0) is 23.1. The van der Waals surface area contributed by atoms with Gasteiger partial charge in [0.05, 0.1) is 11.4 Å². The molecule has 7 nitrogen and oxygen atoms in total. The first-order chi connectivity index (χ1) is 16.0. The maximum Gasteiger partial charge on any atom is 0.348 e. The first-order valence-electron chi connectivity index (χ1n) is 10.3. The summed E-state index contributed by atoms with van der Waals surface area (Å²) in [6.07, 6.45) is 0. The molecule has 0 saturated carbocycles. The Hall–Kier alpha value is -4.09. The molecule has 2 aliphatic rings. The molecule has 3 heterocycles. The first kappa shape index (κ1) is 20.8. The van der Waals surface area contributed by atoms with Crippen molar-refractivity contribution in [2.75, 3.05) is 30.5 Å². The number of carbonyl (C=O) groups excluding carboxylic acids is 2. The second-order valence-corrected chi connectivity index (χ2v) is 8.72. The van der Waals surface area contributed by atoms with E-state index in [1.54, 1.807) is 30.0 Å². The highest BCUT2D eigenvalue weighted by Crippen LogP contribution is 2.43. The third kappa shape index (κ3) is 3.43. The van der Waals surface area contributed by atoms with Crippen LogP contribution in [-0.2, 0) is 16.1 Å². The number of thiophene rings is 1. The summed E-state index contributed by atoms with van der Waals surface area (Å²) in [5.41, 5.74) is 3.56. The maximum atomic E-state index is 12.9. The Morgan fingerprint density at radius 3 is 2.45 bits per heavy atom. The van der Waals surface area contributed by atoms with Crippen LogP contribution in [0.5, 0.6) is 5.75 Å². The minimum absolute atomic E-state index is 0.0585. The maximum absolute atomic E-state index is 12.9. The zero-order valence-corrected chi connectivity index (χ0v) is 18.8. The van der Waals surface area contributed by atoms with Gasteiger partial charge in [-0.25, -0.2) is 4.79 Å². The average molecular weight is 458 g/mol. The van der Waals surface area contributed by atoms with Crippen LogP contribution in [0.1, 0.15) is 15.2 Å². The monoisotopic (exact) mass is 457 g/mol. The summed E-state index contributed by atoms with van der Waals surface area (Å²) >= 11 is 1.31. The number of para-hydroxylation sites is 3. The van der Waals surface area contributed by atoms with Gasteiger partial charge in [0.1, 0.15) is 34.7 Å². The second kappa shape index (κ2) is 8.11. The first-order valence-corrected chi connectivity index (χ1v) is 11.1. The van der Waals surface area contributed by atoms with E-state index in [1.165, 1.54) is 11.3 Å². The molecular weight excluding hydrogens is 438 g/mol. The molecule has 0 atom stereocenters. The SMILES string of the molecule is CN1C(=C(C#N)C(=O)COC(=O)c2cc3c(s2)-c2ccccc2OC3)N(C)c2ccccc21. The standard InChI is InChI=1S/C25H19N3O4S/c1-27-18-8-4-5-9-19(18)28(2)24(27)17(12-26)20(29)14-32-25(30)22-11-15-13-31-21-10-6-3-7-16(21)23(15)33-22/h3-11H,13-14H2,1-2H3. The number of nitriles is 1. The summed E-state index contributed by atoms with van der Waals surface area (Å²) in [7, 11) is 3.59. The van der Waals surface area contributed by atoms with E-state index in [-0.39, 0.29) is 5.57 Å². The Morgan fingerprint density at radius 1 is 1.09 bits per heavy atom. The van der Waals surface area contributed by atoms with Crippen LogP contribution in [0.25, 0.3) is 10.4 Å². The lowest BCUT2D eigenvalue weighted by atomic mass is 10.1. The van der Waals surface area contributed by atoms with Crippen LogP contribution >= 0.6 is 11.3 Å². The van der Waals surface area contributed by atoms with Gasteiger partial charge in [0.15, 0.2) is 6.61 Å². The van der Waals surface area contributed by atoms with E-state index >= 15 is 0 Å². The molecule has 0 unspecified atom stereocenters. The summed E-state index contributed by atoms with van der Waals surface area (Å²) < 4.78 is 11.0. The van der Waals surface area contributed by atoms with Crippen molar-refractivity contribution in [3.63, 3.8) is 0 Å². The van der Waals surface area contributed by atoms with Crippen molar-refractivity contribution in [1.82, 2.24) is 0 Å². The highest BCUT2D eigenvalue weighted by Gasteiger charge is 2.32. The van der Waals surface area contributed by atoms with Gasteiger partial charge in [-0.2, -0.15) is 5.26 Å². The summed E-state index contributed by atoms with van der Waals surface area (Å²) in [5.74, 6) is 0.0828. The van der Waals surface area contributed by atoms with E-state index in [0.717, 1.165) is 33.1 Å². The van der Waals surface area contributed by atoms with Gasteiger partial charge in [-0.15, -0.1) is 11.3 Å². The summed E-state index contributed by atoms with van der Waals surface area (Å²) in [5, 5.41) is 9.72. The van der Waals surface area contributed by atoms with Gasteiger partial charge >= 0.3 is 5.97 Å². The molecule has 0 saturated heterocycles. The molecule has 164 valence electrons. The molecule has 0 N–H and O–H groups in total. The van der Waals surface area contributed by atoms with Crippen molar-refractivity contribution in [1.29, 1.82) is 5.26 Å². The average Bonchev–Trinajstić information content (AvgIpc) is 3.39. The van der Waals surface area contributed by atoms with Crippen molar-refractivity contribution in [2.24, 2.45) is 0 Å². The molecule has 2 aliphatic heterocycles. The Morgan fingerprint density at radius 2 is 1.76 bits per heavy atom. The fourth-order valence-corrected chi connectivity index (χ4v) is 5.22. The van der Waals surface area contributed by atoms with Crippen LogP contribution in [0.4, 0.5) is 11.4 Å². The smallest absolute Gasteiger partial charge is 0.348 e. The van der Waals surface area contributed by atoms with Crippen LogP contribution in [0, 0.1) is 11.3 Å². The quantitative estimate of drug-likeness (QED) is 0.327. The number of Topliss-reactive ketones (excluding diaryl/α,β-unsaturated/α-hetero) is 1. The van der Waals surface area contributed by atoms with Gasteiger partial charge < -0.3 is 19.3 Å². The molecule has 0 amide bonds. The lowest BCUT2D eigenvalue weighted by Gasteiger charge is -2.19. The number of hydrogen-bond acceptors (Lipinski definition) is 8. The number of esters is 1. The molecular formula is C25H19N3O4S. The van der Waals surface area contributed by atoms with E-state index in [2.05, 4.69) is 0 Å². The van der Waals surface area contributed by atoms with Gasteiger partial charge in [0.2, 0.25) is 5.78 Å². The van der Waals surface area contributed by atoms with Crippen LogP contribution in [0.2, 0.25) is 0 Å². The minimum atomic E-state index is -0.598. The Labute approximate surface area is 194 Å². The predicted molar refractivity (Wildman–Crippen MR) is 125 cm³/mol. The molecule has 8 heteroatoms. The number of ketones is 1. The number of rotatable bonds is 4. The molecule has 0 bridgehead atoms. The number of fused-ring (bicyclic) bond motifs is 4. The molecule has 1 aromatic heterocycles. The largest absolute Gasteiger partial charge is 0.488 e. The number of carbonyl (C=O) groups is 2. The zero-order valence-electron chi connectivity index (χ0n) is 18.0. The van der Waals surface area contributed by atoms with E-state index < -0.39 is 18.4 Å². The predicted octanol–water partition coefficient (Wildman–Crippen LogP) is 4.35. The lowest BCUT2D eigenvalue weighted by molar-refractivity contribution is -0.118. The van der Waals surface area contributed by atoms with Crippen molar-refractivity contribution < 1.29 is 19.1 Å². The molecule has 3 aromatic rings. The molecule has 0 spiro atoms. The minimum Gasteiger partial charge on any atom is -0.488 e. The topological polar surface area (TPSA) is 82.9 Å². The number of ether oxygens (including phenoxy) is 2. The molecule has 0 radical (unpaired) electrons. The van der Waals surface area contributed by atoms with E-state index in [1.807, 2.05) is 54.6 Å². The fraction of sp³-hybridized carbons (Fsp3) is 0.160. The van der Waals surface area contributed by atoms with Gasteiger partial charge in [-0.1, -0.05) is 24.3 Å². The van der Waals surface area contributed by atoms with Crippen molar-refractivity contribution in [3.05, 3.63) is 76.4 Å². The van der Waals surface area contributed by atoms with Gasteiger partial charge in [-0.05, 0) is 30.3 Å². The Kier molecular flexibility index (Phi) is 5.11. The normalized spacial score (nSPS) is 13.4. The Bertz CT molecular complexity index is 1340. The van der Waals surface area contributed by atoms with Crippen molar-refractivity contribution >= 4 is 34.5 Å². The lowest BCUT2D eigenvalue weighted by Crippen LogP contribution is -2.27. The van der Waals surface area contributed by atoms with Crippen molar-refractivity contribution in [2.45, 2.75) is 6.61 Å². The van der Waals surface area contributed by atoms with Crippen LogP contribution < -0.4 is 14.5 Å². The van der Waals surface area contributed by atoms with E-state index in [0.29, 0.717) is 17.3 Å². The number of benzene rings is 2. The number of anilines is 2. The summed E-state index contributed by atoms with van der Waals surface area (Å²) in [6, 6.07) is 19.0. The molecule has 0 aliphatic carbocycles.